The van der Waals surface area contributed by atoms with Crippen molar-refractivity contribution < 1.29 is 9.32 Å². The molecular weight excluding hydrogens is 308 g/mol. The number of nitrogens with one attached hydrogen (secondary N) is 1. The first kappa shape index (κ1) is 15.0. The van der Waals surface area contributed by atoms with Crippen molar-refractivity contribution in [2.75, 3.05) is 5.73 Å². The zero-order valence-electron chi connectivity index (χ0n) is 13.4. The molecular formula is C16H20N6O2. The fourth-order valence-electron chi connectivity index (χ4n) is 3.05. The van der Waals surface area contributed by atoms with Crippen LogP contribution in [0.15, 0.2) is 10.7 Å². The Labute approximate surface area is 139 Å². The van der Waals surface area contributed by atoms with Crippen LogP contribution in [0.3, 0.4) is 0 Å². The molecule has 4 rings (SSSR count). The quantitative estimate of drug-likeness (QED) is 0.858. The summed E-state index contributed by atoms with van der Waals surface area (Å²) in [6.07, 6.45) is 8.25. The largest absolute Gasteiger partial charge is 0.383 e. The topological polar surface area (TPSA) is 120 Å². The summed E-state index contributed by atoms with van der Waals surface area (Å²) < 4.78 is 5.17. The van der Waals surface area contributed by atoms with Gasteiger partial charge < -0.3 is 15.6 Å². The molecule has 0 unspecified atom stereocenters. The van der Waals surface area contributed by atoms with E-state index in [1.54, 1.807) is 6.20 Å². The van der Waals surface area contributed by atoms with Gasteiger partial charge in [-0.25, -0.2) is 9.97 Å². The Bertz CT molecular complexity index is 749. The van der Waals surface area contributed by atoms with Gasteiger partial charge in [-0.1, -0.05) is 18.0 Å². The molecule has 8 heteroatoms. The lowest BCUT2D eigenvalue weighted by molar-refractivity contribution is -0.122. The molecule has 2 fully saturated rings. The molecule has 24 heavy (non-hydrogen) atoms. The van der Waals surface area contributed by atoms with Gasteiger partial charge in [0.25, 0.3) is 0 Å². The zero-order chi connectivity index (χ0) is 16.5. The summed E-state index contributed by atoms with van der Waals surface area (Å²) >= 11 is 0. The number of nitrogen functional groups attached to an aromatic ring is 1. The standard InChI is InChI=1S/C16H20N6O2/c17-13-11(7-18-14(21-13)9-3-1-2-4-9)15-20-12(24-22-15)8-19-16(23)10-5-6-10/h7,9-10H,1-6,8H2,(H,19,23)(H2,17,18,21). The van der Waals surface area contributed by atoms with Crippen molar-refractivity contribution in [2.24, 2.45) is 5.92 Å². The Morgan fingerprint density at radius 2 is 2.04 bits per heavy atom. The molecule has 0 aromatic carbocycles. The van der Waals surface area contributed by atoms with Gasteiger partial charge in [-0.3, -0.25) is 4.79 Å². The molecule has 2 heterocycles. The van der Waals surface area contributed by atoms with Crippen LogP contribution in [0.2, 0.25) is 0 Å². The minimum absolute atomic E-state index is 0.0403. The van der Waals surface area contributed by atoms with Crippen LogP contribution in [0.1, 0.15) is 56.2 Å². The molecule has 2 saturated carbocycles. The van der Waals surface area contributed by atoms with E-state index in [2.05, 4.69) is 25.4 Å². The van der Waals surface area contributed by atoms with Gasteiger partial charge >= 0.3 is 0 Å². The van der Waals surface area contributed by atoms with Crippen LogP contribution in [0.25, 0.3) is 11.4 Å². The number of anilines is 1. The number of rotatable bonds is 5. The number of carbonyl (C=O) groups is 1. The van der Waals surface area contributed by atoms with Crippen LogP contribution < -0.4 is 11.1 Å². The molecule has 2 aromatic rings. The molecule has 0 radical (unpaired) electrons. The van der Waals surface area contributed by atoms with Gasteiger partial charge in [0.05, 0.1) is 12.1 Å². The average molecular weight is 328 g/mol. The van der Waals surface area contributed by atoms with Gasteiger partial charge in [-0.05, 0) is 25.7 Å². The third-order valence-corrected chi connectivity index (χ3v) is 4.63. The van der Waals surface area contributed by atoms with Crippen LogP contribution in [0, 0.1) is 5.92 Å². The number of amides is 1. The smallest absolute Gasteiger partial charge is 0.246 e. The van der Waals surface area contributed by atoms with Gasteiger partial charge in [0.15, 0.2) is 0 Å². The van der Waals surface area contributed by atoms with E-state index in [9.17, 15) is 4.79 Å². The highest BCUT2D eigenvalue weighted by Gasteiger charge is 2.29. The number of hydrogen-bond acceptors (Lipinski definition) is 7. The molecule has 0 atom stereocenters. The molecule has 3 N–H and O–H groups in total. The van der Waals surface area contributed by atoms with E-state index in [0.717, 1.165) is 31.5 Å². The summed E-state index contributed by atoms with van der Waals surface area (Å²) in [5.41, 5.74) is 6.61. The van der Waals surface area contributed by atoms with E-state index in [0.29, 0.717) is 29.0 Å². The fraction of sp³-hybridized carbons (Fsp3) is 0.562. The van der Waals surface area contributed by atoms with E-state index in [1.165, 1.54) is 12.8 Å². The van der Waals surface area contributed by atoms with Gasteiger partial charge in [0.2, 0.25) is 17.6 Å². The highest BCUT2D eigenvalue weighted by molar-refractivity contribution is 5.80. The molecule has 0 aliphatic heterocycles. The summed E-state index contributed by atoms with van der Waals surface area (Å²) in [5, 5.41) is 6.70. The SMILES string of the molecule is Nc1nc(C2CCCC2)ncc1-c1noc(CNC(=O)C2CC2)n1. The normalized spacial score (nSPS) is 18.0. The zero-order valence-corrected chi connectivity index (χ0v) is 13.4. The first-order chi connectivity index (χ1) is 11.7. The second-order valence-corrected chi connectivity index (χ2v) is 6.51. The fourth-order valence-corrected chi connectivity index (χ4v) is 3.05. The van der Waals surface area contributed by atoms with Crippen molar-refractivity contribution >= 4 is 11.7 Å². The highest BCUT2D eigenvalue weighted by Crippen LogP contribution is 2.33. The van der Waals surface area contributed by atoms with Crippen LogP contribution >= 0.6 is 0 Å². The minimum Gasteiger partial charge on any atom is -0.383 e. The lowest BCUT2D eigenvalue weighted by atomic mass is 10.1. The van der Waals surface area contributed by atoms with Crippen molar-refractivity contribution in [1.29, 1.82) is 0 Å². The maximum atomic E-state index is 11.6. The van der Waals surface area contributed by atoms with E-state index >= 15 is 0 Å². The van der Waals surface area contributed by atoms with Gasteiger partial charge in [-0.2, -0.15) is 4.98 Å². The average Bonchev–Trinajstić information content (AvgIpc) is 3.10. The van der Waals surface area contributed by atoms with E-state index in [4.69, 9.17) is 10.3 Å². The maximum absolute atomic E-state index is 11.6. The molecule has 2 aromatic heterocycles. The number of carbonyl (C=O) groups excluding carboxylic acids is 1. The Morgan fingerprint density at radius 3 is 2.75 bits per heavy atom. The summed E-state index contributed by atoms with van der Waals surface area (Å²) in [6, 6.07) is 0. The monoisotopic (exact) mass is 328 g/mol. The van der Waals surface area contributed by atoms with Crippen LogP contribution in [-0.2, 0) is 11.3 Å². The maximum Gasteiger partial charge on any atom is 0.246 e. The van der Waals surface area contributed by atoms with Crippen molar-refractivity contribution in [3.05, 3.63) is 17.9 Å². The molecule has 126 valence electrons. The number of hydrogen-bond donors (Lipinski definition) is 2. The number of aromatic nitrogens is 4. The Balaban J connectivity index is 1.46. The molecule has 2 aliphatic carbocycles. The van der Waals surface area contributed by atoms with E-state index < -0.39 is 0 Å². The summed E-state index contributed by atoms with van der Waals surface area (Å²) in [6.45, 7) is 0.225. The summed E-state index contributed by atoms with van der Waals surface area (Å²) in [7, 11) is 0. The van der Waals surface area contributed by atoms with Crippen LogP contribution in [0.4, 0.5) is 5.82 Å². The van der Waals surface area contributed by atoms with Gasteiger partial charge in [-0.15, -0.1) is 0 Å². The first-order valence-corrected chi connectivity index (χ1v) is 8.44. The van der Waals surface area contributed by atoms with Crippen LogP contribution in [-0.4, -0.2) is 26.0 Å². The Kier molecular flexibility index (Phi) is 3.87. The third-order valence-electron chi connectivity index (χ3n) is 4.63. The molecule has 0 bridgehead atoms. The number of nitrogens with zero attached hydrogens (tertiary/aromatic N) is 4. The summed E-state index contributed by atoms with van der Waals surface area (Å²) in [5.74, 6) is 2.45. The first-order valence-electron chi connectivity index (χ1n) is 8.44. The lowest BCUT2D eigenvalue weighted by Crippen LogP contribution is -2.24. The van der Waals surface area contributed by atoms with Crippen molar-refractivity contribution in [3.63, 3.8) is 0 Å². The molecule has 0 spiro atoms. The van der Waals surface area contributed by atoms with Gasteiger partial charge in [0.1, 0.15) is 11.6 Å². The number of nitrogens with two attached hydrogens (primary N) is 1. The highest BCUT2D eigenvalue weighted by atomic mass is 16.5. The van der Waals surface area contributed by atoms with Gasteiger partial charge in [0, 0.05) is 18.0 Å². The predicted octanol–water partition coefficient (Wildman–Crippen LogP) is 1.79. The van der Waals surface area contributed by atoms with Crippen molar-refractivity contribution in [3.8, 4) is 11.4 Å². The molecule has 8 nitrogen and oxygen atoms in total. The van der Waals surface area contributed by atoms with E-state index in [1.807, 2.05) is 0 Å². The predicted molar refractivity (Wildman–Crippen MR) is 85.5 cm³/mol. The molecule has 0 saturated heterocycles. The minimum atomic E-state index is 0.0403. The second-order valence-electron chi connectivity index (χ2n) is 6.51. The Hall–Kier alpha value is -2.51. The van der Waals surface area contributed by atoms with Crippen LogP contribution in [0.5, 0.6) is 0 Å². The third kappa shape index (κ3) is 3.08. The van der Waals surface area contributed by atoms with E-state index in [-0.39, 0.29) is 18.4 Å². The lowest BCUT2D eigenvalue weighted by Gasteiger charge is -2.08. The molecule has 1 amide bonds. The Morgan fingerprint density at radius 1 is 1.25 bits per heavy atom. The second kappa shape index (κ2) is 6.18. The van der Waals surface area contributed by atoms with Crippen molar-refractivity contribution in [2.45, 2.75) is 51.0 Å². The summed E-state index contributed by atoms with van der Waals surface area (Å²) in [4.78, 5) is 24.8. The molecule has 2 aliphatic rings. The van der Waals surface area contributed by atoms with Crippen molar-refractivity contribution in [1.82, 2.24) is 25.4 Å².